The van der Waals surface area contributed by atoms with E-state index in [1.165, 1.54) is 25.3 Å². The van der Waals surface area contributed by atoms with Gasteiger partial charge in [0.25, 0.3) is 5.56 Å². The zero-order valence-electron chi connectivity index (χ0n) is 18.3. The van der Waals surface area contributed by atoms with Crippen molar-refractivity contribution >= 4 is 33.9 Å². The van der Waals surface area contributed by atoms with Gasteiger partial charge in [0, 0.05) is 19.7 Å². The van der Waals surface area contributed by atoms with E-state index in [1.807, 2.05) is 0 Å². The summed E-state index contributed by atoms with van der Waals surface area (Å²) < 4.78 is 28.6. The van der Waals surface area contributed by atoms with Crippen molar-refractivity contribution in [2.24, 2.45) is 22.4 Å². The summed E-state index contributed by atoms with van der Waals surface area (Å²) in [5.74, 6) is -0.626. The number of nitrogens with zero attached hydrogens (tertiary/aromatic N) is 3. The van der Waals surface area contributed by atoms with Gasteiger partial charge in [0.05, 0.1) is 5.75 Å². The van der Waals surface area contributed by atoms with Crippen LogP contribution in [-0.4, -0.2) is 49.6 Å². The number of aromatic nitrogens is 1. The zero-order valence-corrected chi connectivity index (χ0v) is 19.1. The molecule has 5 N–H and O–H groups in total. The summed E-state index contributed by atoms with van der Waals surface area (Å²) in [4.78, 5) is 40.8. The van der Waals surface area contributed by atoms with Crippen LogP contribution in [0.2, 0.25) is 0 Å². The van der Waals surface area contributed by atoms with Gasteiger partial charge in [-0.25, -0.2) is 18.1 Å². The Morgan fingerprint density at radius 1 is 1.34 bits per heavy atom. The smallest absolute Gasteiger partial charge is 0.293 e. The third kappa shape index (κ3) is 7.36. The number of rotatable bonds is 11. The third-order valence-electron chi connectivity index (χ3n) is 5.35. The molecule has 0 spiro atoms. The van der Waals surface area contributed by atoms with Crippen LogP contribution in [0.3, 0.4) is 0 Å². The number of aliphatic imine (C=N–C) groups is 1. The molecule has 1 heterocycles. The summed E-state index contributed by atoms with van der Waals surface area (Å²) in [6.07, 6.45) is 7.29. The molecule has 1 aliphatic carbocycles. The number of nitrogens with one attached hydrogen (secondary N) is 1. The van der Waals surface area contributed by atoms with Crippen LogP contribution in [0.1, 0.15) is 51.9 Å². The van der Waals surface area contributed by atoms with Crippen molar-refractivity contribution in [3.63, 3.8) is 0 Å². The van der Waals surface area contributed by atoms with Gasteiger partial charge in [-0.05, 0) is 43.7 Å². The second kappa shape index (κ2) is 11.7. The summed E-state index contributed by atoms with van der Waals surface area (Å²) >= 11 is 0. The number of nitrogens with two attached hydrogens (primary N) is 2. The number of anilines is 1. The van der Waals surface area contributed by atoms with Crippen LogP contribution in [0.25, 0.3) is 0 Å². The molecule has 1 aromatic rings. The van der Waals surface area contributed by atoms with Gasteiger partial charge in [-0.1, -0.05) is 19.3 Å². The van der Waals surface area contributed by atoms with Crippen LogP contribution in [0.5, 0.6) is 0 Å². The van der Waals surface area contributed by atoms with Gasteiger partial charge in [-0.3, -0.25) is 19.3 Å². The lowest BCUT2D eigenvalue weighted by Crippen LogP contribution is -2.52. The van der Waals surface area contributed by atoms with Crippen molar-refractivity contribution in [2.75, 3.05) is 22.0 Å². The lowest BCUT2D eigenvalue weighted by Gasteiger charge is -2.28. The van der Waals surface area contributed by atoms with Crippen molar-refractivity contribution in [2.45, 2.75) is 57.9 Å². The van der Waals surface area contributed by atoms with Gasteiger partial charge < -0.3 is 16.3 Å². The molecule has 1 saturated carbocycles. The number of carbonyl (C=O) groups is 2. The van der Waals surface area contributed by atoms with E-state index < -0.39 is 27.5 Å². The Morgan fingerprint density at radius 3 is 2.62 bits per heavy atom. The first kappa shape index (κ1) is 25.4. The number of sulfonamides is 1. The van der Waals surface area contributed by atoms with Crippen molar-refractivity contribution in [3.8, 4) is 0 Å². The second-order valence-electron chi connectivity index (χ2n) is 7.97. The Hall–Kier alpha value is -2.89. The minimum Gasteiger partial charge on any atom is -0.370 e. The number of hydrogen-bond acceptors (Lipinski definition) is 6. The predicted octanol–water partition coefficient (Wildman–Crippen LogP) is 0.276. The van der Waals surface area contributed by atoms with Crippen molar-refractivity contribution in [3.05, 3.63) is 28.7 Å². The largest absolute Gasteiger partial charge is 0.370 e. The first-order chi connectivity index (χ1) is 15.1. The van der Waals surface area contributed by atoms with E-state index in [1.54, 1.807) is 0 Å². The summed E-state index contributed by atoms with van der Waals surface area (Å²) in [5, 5.41) is 1.00. The highest BCUT2D eigenvalue weighted by Gasteiger charge is 2.26. The maximum atomic E-state index is 13.0. The van der Waals surface area contributed by atoms with Gasteiger partial charge in [0.2, 0.25) is 15.9 Å². The van der Waals surface area contributed by atoms with E-state index >= 15 is 0 Å². The Kier molecular flexibility index (Phi) is 9.24. The Bertz CT molecular complexity index is 980. The summed E-state index contributed by atoms with van der Waals surface area (Å²) in [6.45, 7) is 1.48. The van der Waals surface area contributed by atoms with Gasteiger partial charge in [0.15, 0.2) is 5.96 Å². The number of carbonyl (C=O) groups excluding carboxylic acids is 2. The lowest BCUT2D eigenvalue weighted by molar-refractivity contribution is -0.121. The van der Waals surface area contributed by atoms with Crippen LogP contribution in [0.15, 0.2) is 28.1 Å². The molecule has 11 nitrogen and oxygen atoms in total. The molecular weight excluding hydrogens is 436 g/mol. The van der Waals surface area contributed by atoms with Crippen LogP contribution >= 0.6 is 0 Å². The fourth-order valence-corrected chi connectivity index (χ4v) is 5.43. The summed E-state index contributed by atoms with van der Waals surface area (Å²) in [6, 6.07) is 1.83. The summed E-state index contributed by atoms with van der Waals surface area (Å²) in [7, 11) is -3.75. The SMILES string of the molecule is CC(=O)N([C@H](C=O)CCCN=C(N)N)n1cccc(NS(=O)(=O)CC2CCCCC2)c1=O. The van der Waals surface area contributed by atoms with Gasteiger partial charge in [-0.15, -0.1) is 0 Å². The molecule has 1 atom stereocenters. The minimum atomic E-state index is -3.75. The molecule has 1 fully saturated rings. The molecule has 0 radical (unpaired) electrons. The van der Waals surface area contributed by atoms with Crippen molar-refractivity contribution in [1.29, 1.82) is 0 Å². The normalized spacial score (nSPS) is 15.5. The molecule has 12 heteroatoms. The monoisotopic (exact) mass is 468 g/mol. The highest BCUT2D eigenvalue weighted by atomic mass is 32.2. The van der Waals surface area contributed by atoms with E-state index in [0.29, 0.717) is 12.7 Å². The van der Waals surface area contributed by atoms with Crippen LogP contribution in [-0.2, 0) is 19.6 Å². The van der Waals surface area contributed by atoms with Gasteiger partial charge in [0.1, 0.15) is 18.0 Å². The van der Waals surface area contributed by atoms with E-state index in [0.717, 1.165) is 41.8 Å². The Morgan fingerprint density at radius 2 is 2.03 bits per heavy atom. The first-order valence-electron chi connectivity index (χ1n) is 10.7. The fourth-order valence-electron chi connectivity index (χ4n) is 3.91. The topological polar surface area (TPSA) is 170 Å². The number of pyridine rings is 1. The number of aldehydes is 1. The number of amides is 1. The molecule has 1 aromatic heterocycles. The maximum Gasteiger partial charge on any atom is 0.293 e. The van der Waals surface area contributed by atoms with Gasteiger partial charge >= 0.3 is 0 Å². The highest BCUT2D eigenvalue weighted by Crippen LogP contribution is 2.25. The van der Waals surface area contributed by atoms with Crippen LogP contribution in [0.4, 0.5) is 5.69 Å². The van der Waals surface area contributed by atoms with E-state index in [-0.39, 0.29) is 36.3 Å². The minimum absolute atomic E-state index is 0.0560. The lowest BCUT2D eigenvalue weighted by atomic mass is 9.91. The predicted molar refractivity (Wildman–Crippen MR) is 123 cm³/mol. The highest BCUT2D eigenvalue weighted by molar-refractivity contribution is 7.92. The van der Waals surface area contributed by atoms with Crippen LogP contribution < -0.4 is 26.8 Å². The van der Waals surface area contributed by atoms with Crippen molar-refractivity contribution in [1.82, 2.24) is 4.68 Å². The standard InChI is InChI=1S/C20H32N6O5S/c1-15(28)26(17(13-27)9-5-11-23-20(21)22)25-12-6-10-18(19(25)29)24-32(30,31)14-16-7-3-2-4-8-16/h6,10,12-13,16-17,24H,2-5,7-9,11,14H2,1H3,(H4,21,22,23)/t17-/m0/s1. The van der Waals surface area contributed by atoms with E-state index in [9.17, 15) is 22.8 Å². The third-order valence-corrected chi connectivity index (χ3v) is 6.79. The molecule has 2 rings (SSSR count). The number of guanidine groups is 1. The Balaban J connectivity index is 2.22. The van der Waals surface area contributed by atoms with Crippen LogP contribution in [0, 0.1) is 5.92 Å². The number of hydrogen-bond donors (Lipinski definition) is 3. The maximum absolute atomic E-state index is 13.0. The molecule has 0 aromatic carbocycles. The zero-order chi connectivity index (χ0) is 23.7. The fraction of sp³-hybridized carbons (Fsp3) is 0.600. The molecule has 1 amide bonds. The molecule has 0 saturated heterocycles. The quantitative estimate of drug-likeness (QED) is 0.181. The second-order valence-corrected chi connectivity index (χ2v) is 9.74. The molecular formula is C20H32N6O5S. The molecule has 1 aliphatic rings. The van der Waals surface area contributed by atoms with E-state index in [2.05, 4.69) is 9.71 Å². The molecule has 32 heavy (non-hydrogen) atoms. The van der Waals surface area contributed by atoms with Gasteiger partial charge in [-0.2, -0.15) is 0 Å². The molecule has 0 aliphatic heterocycles. The van der Waals surface area contributed by atoms with Crippen molar-refractivity contribution < 1.29 is 18.0 Å². The average Bonchev–Trinajstić information content (AvgIpc) is 2.72. The molecule has 0 bridgehead atoms. The Labute approximate surface area is 187 Å². The first-order valence-corrected chi connectivity index (χ1v) is 12.3. The molecule has 178 valence electrons. The van der Waals surface area contributed by atoms with E-state index in [4.69, 9.17) is 11.5 Å². The average molecular weight is 469 g/mol. The summed E-state index contributed by atoms with van der Waals surface area (Å²) in [5.41, 5.74) is 9.63. The molecule has 0 unspecified atom stereocenters.